The number of hydrogen-bond acceptors (Lipinski definition) is 5. The zero-order chi connectivity index (χ0) is 21.6. The van der Waals surface area contributed by atoms with Crippen LogP contribution in [0.15, 0.2) is 56.5 Å². The molecule has 1 aliphatic heterocycles. The second-order valence-electron chi connectivity index (χ2n) is 8.02. The molecular weight excluding hydrogens is 390 g/mol. The first-order valence-electron chi connectivity index (χ1n) is 10.9. The van der Waals surface area contributed by atoms with Crippen molar-refractivity contribution in [2.75, 3.05) is 26.7 Å². The first kappa shape index (κ1) is 21.2. The molecule has 0 aliphatic carbocycles. The Morgan fingerprint density at radius 2 is 1.87 bits per heavy atom. The quantitative estimate of drug-likeness (QED) is 0.443. The number of aliphatic imine (C=N–C) groups is 1. The van der Waals surface area contributed by atoms with Gasteiger partial charge in [-0.05, 0) is 64.0 Å². The van der Waals surface area contributed by atoms with E-state index in [4.69, 9.17) is 8.83 Å². The molecule has 1 fully saturated rings. The van der Waals surface area contributed by atoms with Crippen molar-refractivity contribution in [3.63, 3.8) is 0 Å². The minimum Gasteiger partial charge on any atom is -0.465 e. The number of rotatable bonds is 7. The van der Waals surface area contributed by atoms with Crippen molar-refractivity contribution in [2.24, 2.45) is 4.99 Å². The summed E-state index contributed by atoms with van der Waals surface area (Å²) >= 11 is 0. The molecule has 1 unspecified atom stereocenters. The van der Waals surface area contributed by atoms with Crippen LogP contribution in [0, 0.1) is 13.8 Å². The van der Waals surface area contributed by atoms with Gasteiger partial charge in [-0.3, -0.25) is 9.89 Å². The van der Waals surface area contributed by atoms with Crippen LogP contribution < -0.4 is 10.6 Å². The van der Waals surface area contributed by atoms with Crippen LogP contribution in [0.1, 0.15) is 41.7 Å². The van der Waals surface area contributed by atoms with E-state index in [1.165, 1.54) is 18.4 Å². The van der Waals surface area contributed by atoms with Gasteiger partial charge in [-0.1, -0.05) is 17.7 Å². The van der Waals surface area contributed by atoms with Crippen LogP contribution in [0.2, 0.25) is 0 Å². The van der Waals surface area contributed by atoms with E-state index in [1.54, 1.807) is 13.3 Å². The molecule has 3 aromatic rings. The third kappa shape index (κ3) is 5.35. The fourth-order valence-electron chi connectivity index (χ4n) is 3.90. The van der Waals surface area contributed by atoms with Gasteiger partial charge in [0.1, 0.15) is 17.8 Å². The minimum absolute atomic E-state index is 0.190. The third-order valence-corrected chi connectivity index (χ3v) is 5.64. The van der Waals surface area contributed by atoms with Gasteiger partial charge in [-0.25, -0.2) is 4.98 Å². The van der Waals surface area contributed by atoms with Crippen LogP contribution in [-0.4, -0.2) is 42.5 Å². The van der Waals surface area contributed by atoms with Crippen molar-refractivity contribution in [1.29, 1.82) is 0 Å². The number of furan rings is 1. The lowest BCUT2D eigenvalue weighted by molar-refractivity contribution is 0.213. The fraction of sp³-hybridized carbons (Fsp3) is 0.417. The van der Waals surface area contributed by atoms with E-state index in [-0.39, 0.29) is 6.04 Å². The molecular formula is C24H31N5O2. The van der Waals surface area contributed by atoms with Gasteiger partial charge in [0.2, 0.25) is 5.89 Å². The summed E-state index contributed by atoms with van der Waals surface area (Å²) in [4.78, 5) is 11.4. The average Bonchev–Trinajstić information content (AvgIpc) is 3.54. The maximum atomic E-state index is 5.94. The Balaban J connectivity index is 1.34. The van der Waals surface area contributed by atoms with Crippen molar-refractivity contribution >= 4 is 5.96 Å². The molecule has 7 heteroatoms. The number of guanidine groups is 1. The van der Waals surface area contributed by atoms with E-state index < -0.39 is 0 Å². The molecule has 4 rings (SSSR count). The van der Waals surface area contributed by atoms with Gasteiger partial charge in [0.05, 0.1) is 18.3 Å². The summed E-state index contributed by atoms with van der Waals surface area (Å²) < 4.78 is 11.6. The number of nitrogens with one attached hydrogen (secondary N) is 2. The number of hydrogen-bond donors (Lipinski definition) is 2. The van der Waals surface area contributed by atoms with Crippen LogP contribution in [-0.2, 0) is 6.54 Å². The number of likely N-dealkylation sites (tertiary alicyclic amines) is 1. The summed E-state index contributed by atoms with van der Waals surface area (Å²) in [5.74, 6) is 3.30. The highest BCUT2D eigenvalue weighted by Crippen LogP contribution is 2.26. The zero-order valence-electron chi connectivity index (χ0n) is 18.5. The molecule has 2 aromatic heterocycles. The Labute approximate surface area is 183 Å². The first-order chi connectivity index (χ1) is 15.1. The Hall–Kier alpha value is -3.06. The first-order valence-corrected chi connectivity index (χ1v) is 10.9. The molecule has 0 amide bonds. The van der Waals surface area contributed by atoms with Crippen LogP contribution in [0.4, 0.5) is 0 Å². The summed E-state index contributed by atoms with van der Waals surface area (Å²) in [7, 11) is 1.78. The SMILES string of the molecule is CN=C(NCc1coc(-c2ccc(C)cc2)n1)NCC(c1ccc(C)o1)N1CCCC1. The van der Waals surface area contributed by atoms with Crippen molar-refractivity contribution in [2.45, 2.75) is 39.3 Å². The van der Waals surface area contributed by atoms with E-state index in [0.29, 0.717) is 12.4 Å². The maximum Gasteiger partial charge on any atom is 0.226 e. The highest BCUT2D eigenvalue weighted by Gasteiger charge is 2.26. The topological polar surface area (TPSA) is 78.8 Å². The Morgan fingerprint density at radius 1 is 1.10 bits per heavy atom. The Kier molecular flexibility index (Phi) is 6.72. The van der Waals surface area contributed by atoms with E-state index in [1.807, 2.05) is 25.1 Å². The monoisotopic (exact) mass is 421 g/mol. The highest BCUT2D eigenvalue weighted by molar-refractivity contribution is 5.79. The molecule has 0 saturated carbocycles. The fourth-order valence-corrected chi connectivity index (χ4v) is 3.90. The largest absolute Gasteiger partial charge is 0.465 e. The molecule has 164 valence electrons. The third-order valence-electron chi connectivity index (χ3n) is 5.64. The number of aromatic nitrogens is 1. The molecule has 1 atom stereocenters. The maximum absolute atomic E-state index is 5.94. The van der Waals surface area contributed by atoms with Gasteiger partial charge in [0.15, 0.2) is 5.96 Å². The van der Waals surface area contributed by atoms with Gasteiger partial charge in [0, 0.05) is 19.2 Å². The normalized spacial score (nSPS) is 15.9. The lowest BCUT2D eigenvalue weighted by atomic mass is 10.1. The average molecular weight is 422 g/mol. The molecule has 0 radical (unpaired) electrons. The number of benzene rings is 1. The Bertz CT molecular complexity index is 999. The van der Waals surface area contributed by atoms with Gasteiger partial charge >= 0.3 is 0 Å². The molecule has 3 heterocycles. The van der Waals surface area contributed by atoms with Gasteiger partial charge < -0.3 is 19.5 Å². The molecule has 2 N–H and O–H groups in total. The standard InChI is InChI=1S/C24H31N5O2/c1-17-6-9-19(10-7-17)23-28-20(16-30-23)14-26-24(25-3)27-15-21(29-12-4-5-13-29)22-11-8-18(2)31-22/h6-11,16,21H,4-5,12-15H2,1-3H3,(H2,25,26,27). The van der Waals surface area contributed by atoms with E-state index >= 15 is 0 Å². The predicted octanol–water partition coefficient (Wildman–Crippen LogP) is 4.05. The van der Waals surface area contributed by atoms with E-state index in [9.17, 15) is 0 Å². The second-order valence-corrected chi connectivity index (χ2v) is 8.02. The van der Waals surface area contributed by atoms with Gasteiger partial charge in [0.25, 0.3) is 0 Å². The minimum atomic E-state index is 0.190. The van der Waals surface area contributed by atoms with E-state index in [0.717, 1.165) is 48.4 Å². The Morgan fingerprint density at radius 3 is 2.55 bits per heavy atom. The number of aryl methyl sites for hydroxylation is 2. The predicted molar refractivity (Wildman–Crippen MR) is 122 cm³/mol. The summed E-state index contributed by atoms with van der Waals surface area (Å²) in [5, 5.41) is 6.78. The molecule has 0 bridgehead atoms. The van der Waals surface area contributed by atoms with Crippen molar-refractivity contribution in [3.05, 3.63) is 65.4 Å². The van der Waals surface area contributed by atoms with Crippen LogP contribution in [0.25, 0.3) is 11.5 Å². The second kappa shape index (κ2) is 9.83. The molecule has 31 heavy (non-hydrogen) atoms. The smallest absolute Gasteiger partial charge is 0.226 e. The van der Waals surface area contributed by atoms with Crippen molar-refractivity contribution < 1.29 is 8.83 Å². The molecule has 0 spiro atoms. The van der Waals surface area contributed by atoms with Crippen molar-refractivity contribution in [1.82, 2.24) is 20.5 Å². The van der Waals surface area contributed by atoms with E-state index in [2.05, 4.69) is 50.6 Å². The van der Waals surface area contributed by atoms with Gasteiger partial charge in [-0.15, -0.1) is 0 Å². The molecule has 7 nitrogen and oxygen atoms in total. The number of nitrogens with zero attached hydrogens (tertiary/aromatic N) is 3. The summed E-state index contributed by atoms with van der Waals surface area (Å²) in [5.41, 5.74) is 3.02. The lowest BCUT2D eigenvalue weighted by Crippen LogP contribution is -2.42. The van der Waals surface area contributed by atoms with Crippen LogP contribution >= 0.6 is 0 Å². The summed E-state index contributed by atoms with van der Waals surface area (Å²) in [6.45, 7) is 7.50. The highest BCUT2D eigenvalue weighted by atomic mass is 16.3. The lowest BCUT2D eigenvalue weighted by Gasteiger charge is -2.26. The van der Waals surface area contributed by atoms with Crippen LogP contribution in [0.5, 0.6) is 0 Å². The molecule has 1 aliphatic rings. The van der Waals surface area contributed by atoms with Crippen LogP contribution in [0.3, 0.4) is 0 Å². The summed E-state index contributed by atoms with van der Waals surface area (Å²) in [6, 6.07) is 12.5. The van der Waals surface area contributed by atoms with Crippen molar-refractivity contribution in [3.8, 4) is 11.5 Å². The van der Waals surface area contributed by atoms with Gasteiger partial charge in [-0.2, -0.15) is 0 Å². The molecule has 1 aromatic carbocycles. The molecule has 1 saturated heterocycles. The zero-order valence-corrected chi connectivity index (χ0v) is 18.5. The summed E-state index contributed by atoms with van der Waals surface area (Å²) in [6.07, 6.45) is 4.16. The number of oxazole rings is 1.